The Labute approximate surface area is 114 Å². The van der Waals surface area contributed by atoms with Crippen molar-refractivity contribution in [2.24, 2.45) is 0 Å². The van der Waals surface area contributed by atoms with Gasteiger partial charge in [0, 0.05) is 22.9 Å². The van der Waals surface area contributed by atoms with Crippen LogP contribution in [0.1, 0.15) is 64.0 Å². The third-order valence-electron chi connectivity index (χ3n) is 2.71. The second-order valence-electron chi connectivity index (χ2n) is 6.19. The van der Waals surface area contributed by atoms with E-state index in [2.05, 4.69) is 25.8 Å². The Bertz CT molecular complexity index is 408. The molecule has 1 aromatic heterocycles. The quantitative estimate of drug-likeness (QED) is 0.837. The molecule has 0 bridgehead atoms. The van der Waals surface area contributed by atoms with Crippen molar-refractivity contribution >= 4 is 17.2 Å². The number of amides is 1. The normalized spacial score (nSPS) is 12.3. The zero-order valence-electron chi connectivity index (χ0n) is 12.4. The highest BCUT2D eigenvalue weighted by Gasteiger charge is 2.26. The molecule has 0 unspecified atom stereocenters. The highest BCUT2D eigenvalue weighted by molar-refractivity contribution is 7.10. The molecule has 0 aliphatic carbocycles. The minimum absolute atomic E-state index is 0.00366. The first kappa shape index (κ1) is 15.2. The van der Waals surface area contributed by atoms with E-state index in [4.69, 9.17) is 0 Å². The first-order chi connectivity index (χ1) is 8.14. The van der Waals surface area contributed by atoms with Crippen molar-refractivity contribution in [3.8, 4) is 0 Å². The van der Waals surface area contributed by atoms with Crippen molar-refractivity contribution in [1.82, 2.24) is 9.88 Å². The molecular formula is C14H24N2OS. The zero-order chi connectivity index (χ0) is 14.1. The van der Waals surface area contributed by atoms with Gasteiger partial charge in [-0.1, -0.05) is 20.8 Å². The third-order valence-corrected chi connectivity index (χ3v) is 3.98. The van der Waals surface area contributed by atoms with E-state index in [0.717, 1.165) is 5.01 Å². The monoisotopic (exact) mass is 268 g/mol. The van der Waals surface area contributed by atoms with Gasteiger partial charge < -0.3 is 4.90 Å². The molecule has 4 heteroatoms. The van der Waals surface area contributed by atoms with E-state index in [1.165, 1.54) is 0 Å². The van der Waals surface area contributed by atoms with Gasteiger partial charge in [-0.3, -0.25) is 4.79 Å². The summed E-state index contributed by atoms with van der Waals surface area (Å²) in [6.07, 6.45) is 0. The van der Waals surface area contributed by atoms with Gasteiger partial charge in [0.2, 0.25) is 0 Å². The van der Waals surface area contributed by atoms with Gasteiger partial charge in [0.05, 0.1) is 5.01 Å². The van der Waals surface area contributed by atoms with Crippen molar-refractivity contribution in [2.75, 3.05) is 0 Å². The standard InChI is InChI=1S/C14H24N2OS/c1-9(2)16(10(3)4)12(17)11-8-18-13(15-11)14(5,6)7/h8-10H,1-7H3. The van der Waals surface area contributed by atoms with Crippen LogP contribution in [0.4, 0.5) is 0 Å². The molecule has 18 heavy (non-hydrogen) atoms. The minimum atomic E-state index is 0.00366. The van der Waals surface area contributed by atoms with Crippen molar-refractivity contribution in [2.45, 2.75) is 66.0 Å². The number of hydrogen-bond acceptors (Lipinski definition) is 3. The van der Waals surface area contributed by atoms with Gasteiger partial charge in [-0.2, -0.15) is 0 Å². The number of carbonyl (C=O) groups is 1. The maximum atomic E-state index is 12.4. The Morgan fingerprint density at radius 2 is 1.72 bits per heavy atom. The number of thiazole rings is 1. The number of rotatable bonds is 3. The van der Waals surface area contributed by atoms with E-state index < -0.39 is 0 Å². The van der Waals surface area contributed by atoms with Crippen LogP contribution in [0.5, 0.6) is 0 Å². The Balaban J connectivity index is 3.00. The highest BCUT2D eigenvalue weighted by atomic mass is 32.1. The lowest BCUT2D eigenvalue weighted by Crippen LogP contribution is -2.42. The summed E-state index contributed by atoms with van der Waals surface area (Å²) in [6, 6.07) is 0.384. The van der Waals surface area contributed by atoms with Crippen molar-refractivity contribution in [1.29, 1.82) is 0 Å². The van der Waals surface area contributed by atoms with Crippen LogP contribution in [0.25, 0.3) is 0 Å². The van der Waals surface area contributed by atoms with E-state index >= 15 is 0 Å². The smallest absolute Gasteiger partial charge is 0.273 e. The summed E-state index contributed by atoms with van der Waals surface area (Å²) in [6.45, 7) is 14.5. The number of nitrogens with zero attached hydrogens (tertiary/aromatic N) is 2. The topological polar surface area (TPSA) is 33.2 Å². The molecule has 102 valence electrons. The lowest BCUT2D eigenvalue weighted by atomic mass is 9.98. The van der Waals surface area contributed by atoms with Crippen LogP contribution in [0, 0.1) is 0 Å². The first-order valence-electron chi connectivity index (χ1n) is 6.43. The highest BCUT2D eigenvalue weighted by Crippen LogP contribution is 2.26. The van der Waals surface area contributed by atoms with Gasteiger partial charge in [-0.05, 0) is 27.7 Å². The number of carbonyl (C=O) groups excluding carboxylic acids is 1. The molecular weight excluding hydrogens is 244 g/mol. The molecule has 0 spiro atoms. The van der Waals surface area contributed by atoms with E-state index in [9.17, 15) is 4.79 Å². The fourth-order valence-corrected chi connectivity index (χ4v) is 2.80. The van der Waals surface area contributed by atoms with Crippen molar-refractivity contribution in [3.05, 3.63) is 16.1 Å². The Morgan fingerprint density at radius 3 is 2.06 bits per heavy atom. The lowest BCUT2D eigenvalue weighted by Gasteiger charge is -2.30. The Morgan fingerprint density at radius 1 is 1.22 bits per heavy atom. The summed E-state index contributed by atoms with van der Waals surface area (Å²) in [5.41, 5.74) is 0.580. The molecule has 0 aliphatic rings. The van der Waals surface area contributed by atoms with Crippen LogP contribution in [-0.2, 0) is 5.41 Å². The average molecular weight is 268 g/mol. The SMILES string of the molecule is CC(C)N(C(=O)c1csc(C(C)(C)C)n1)C(C)C. The van der Waals surface area contributed by atoms with Crippen molar-refractivity contribution < 1.29 is 4.79 Å². The van der Waals surface area contributed by atoms with E-state index in [1.54, 1.807) is 11.3 Å². The number of aromatic nitrogens is 1. The Kier molecular flexibility index (Phi) is 4.54. The van der Waals surface area contributed by atoms with Gasteiger partial charge in [-0.15, -0.1) is 11.3 Å². The minimum Gasteiger partial charge on any atom is -0.332 e. The van der Waals surface area contributed by atoms with Crippen LogP contribution >= 0.6 is 11.3 Å². The molecule has 0 radical (unpaired) electrons. The molecule has 0 saturated carbocycles. The molecule has 0 N–H and O–H groups in total. The second kappa shape index (κ2) is 5.39. The predicted molar refractivity (Wildman–Crippen MR) is 77.3 cm³/mol. The molecule has 1 heterocycles. The molecule has 0 aliphatic heterocycles. The van der Waals surface area contributed by atoms with Crippen LogP contribution in [0.3, 0.4) is 0 Å². The van der Waals surface area contributed by atoms with Gasteiger partial charge in [0.25, 0.3) is 5.91 Å². The Hall–Kier alpha value is -0.900. The van der Waals surface area contributed by atoms with E-state index in [0.29, 0.717) is 5.69 Å². The third kappa shape index (κ3) is 3.31. The molecule has 1 amide bonds. The van der Waals surface area contributed by atoms with E-state index in [1.807, 2.05) is 38.0 Å². The summed E-state index contributed by atoms with van der Waals surface area (Å²) in [4.78, 5) is 18.8. The summed E-state index contributed by atoms with van der Waals surface area (Å²) >= 11 is 1.57. The van der Waals surface area contributed by atoms with Gasteiger partial charge in [-0.25, -0.2) is 4.98 Å². The molecule has 0 aromatic carbocycles. The van der Waals surface area contributed by atoms with Crippen LogP contribution in [-0.4, -0.2) is 27.9 Å². The van der Waals surface area contributed by atoms with Crippen LogP contribution < -0.4 is 0 Å². The summed E-state index contributed by atoms with van der Waals surface area (Å²) in [5, 5.41) is 2.89. The first-order valence-corrected chi connectivity index (χ1v) is 7.31. The van der Waals surface area contributed by atoms with E-state index in [-0.39, 0.29) is 23.4 Å². The van der Waals surface area contributed by atoms with Crippen LogP contribution in [0.2, 0.25) is 0 Å². The van der Waals surface area contributed by atoms with Gasteiger partial charge in [0.1, 0.15) is 5.69 Å². The van der Waals surface area contributed by atoms with Gasteiger partial charge >= 0.3 is 0 Å². The zero-order valence-corrected chi connectivity index (χ0v) is 13.3. The number of hydrogen-bond donors (Lipinski definition) is 0. The summed E-state index contributed by atoms with van der Waals surface area (Å²) in [5.74, 6) is 0.0340. The fourth-order valence-electron chi connectivity index (χ4n) is 1.91. The molecule has 3 nitrogen and oxygen atoms in total. The largest absolute Gasteiger partial charge is 0.332 e. The van der Waals surface area contributed by atoms with Gasteiger partial charge in [0.15, 0.2) is 0 Å². The summed E-state index contributed by atoms with van der Waals surface area (Å²) in [7, 11) is 0. The van der Waals surface area contributed by atoms with Crippen LogP contribution in [0.15, 0.2) is 5.38 Å². The molecule has 0 saturated heterocycles. The molecule has 1 rings (SSSR count). The molecule has 1 aromatic rings. The maximum Gasteiger partial charge on any atom is 0.273 e. The molecule has 0 fully saturated rings. The predicted octanol–water partition coefficient (Wildman–Crippen LogP) is 3.70. The maximum absolute atomic E-state index is 12.4. The summed E-state index contributed by atoms with van der Waals surface area (Å²) < 4.78 is 0. The second-order valence-corrected chi connectivity index (χ2v) is 7.05. The lowest BCUT2D eigenvalue weighted by molar-refractivity contribution is 0.0638. The molecule has 0 atom stereocenters. The average Bonchev–Trinajstić information content (AvgIpc) is 2.63. The van der Waals surface area contributed by atoms with Crippen molar-refractivity contribution in [3.63, 3.8) is 0 Å². The fraction of sp³-hybridized carbons (Fsp3) is 0.714.